The fourth-order valence-corrected chi connectivity index (χ4v) is 4.56. The number of benzene rings is 1. The third kappa shape index (κ3) is 4.36. The smallest absolute Gasteiger partial charge is 0.271 e. The second kappa shape index (κ2) is 10.1. The summed E-state index contributed by atoms with van der Waals surface area (Å²) in [6, 6.07) is 5.16. The molecule has 0 aliphatic rings. The van der Waals surface area contributed by atoms with Gasteiger partial charge >= 0.3 is 0 Å². The van der Waals surface area contributed by atoms with Gasteiger partial charge in [0, 0.05) is 53.8 Å². The van der Waals surface area contributed by atoms with E-state index in [1.165, 1.54) is 11.2 Å². The van der Waals surface area contributed by atoms with Crippen molar-refractivity contribution in [2.45, 2.75) is 33.4 Å². The van der Waals surface area contributed by atoms with Crippen molar-refractivity contribution in [1.29, 1.82) is 0 Å². The Kier molecular flexibility index (Phi) is 7.14. The van der Waals surface area contributed by atoms with E-state index in [1.807, 2.05) is 43.7 Å². The number of aliphatic hydroxyl groups is 1. The number of fused-ring (bicyclic) bond motifs is 1. The molecule has 3 heterocycles. The van der Waals surface area contributed by atoms with Crippen LogP contribution in [0.4, 0.5) is 5.82 Å². The van der Waals surface area contributed by atoms with Gasteiger partial charge in [-0.15, -0.1) is 0 Å². The molecule has 0 saturated heterocycles. The third-order valence-corrected chi connectivity index (χ3v) is 6.62. The number of nitrogen functional groups attached to an aromatic ring is 1. The second-order valence-corrected chi connectivity index (χ2v) is 9.10. The minimum absolute atomic E-state index is 0.177. The predicted molar refractivity (Wildman–Crippen MR) is 140 cm³/mol. The largest absolute Gasteiger partial charge is 0.493 e. The highest BCUT2D eigenvalue weighted by atomic mass is 35.5. The SMILES string of the molecule is CCOc1c(C(C)n2cc(CO)c3c(N)ncnc32)cc(Cl)c(C)c1-c1ccc(C(=O)N(C)C)nc1. The van der Waals surface area contributed by atoms with Crippen molar-refractivity contribution in [3.05, 3.63) is 64.3 Å². The molecule has 0 spiro atoms. The van der Waals surface area contributed by atoms with Crippen LogP contribution in [0.1, 0.15) is 47.1 Å². The molecule has 9 nitrogen and oxygen atoms in total. The van der Waals surface area contributed by atoms with Crippen molar-refractivity contribution in [3.63, 3.8) is 0 Å². The van der Waals surface area contributed by atoms with Crippen molar-refractivity contribution in [3.8, 4) is 16.9 Å². The molecule has 4 rings (SSSR count). The molecule has 188 valence electrons. The van der Waals surface area contributed by atoms with Crippen molar-refractivity contribution in [2.75, 3.05) is 26.4 Å². The van der Waals surface area contributed by atoms with Gasteiger partial charge in [0.05, 0.1) is 24.6 Å². The lowest BCUT2D eigenvalue weighted by Crippen LogP contribution is -2.22. The summed E-state index contributed by atoms with van der Waals surface area (Å²) in [5, 5.41) is 11.1. The number of nitrogens with zero attached hydrogens (tertiary/aromatic N) is 5. The van der Waals surface area contributed by atoms with Gasteiger partial charge in [0.25, 0.3) is 5.91 Å². The molecule has 36 heavy (non-hydrogen) atoms. The number of carbonyl (C=O) groups excluding carboxylic acids is 1. The molecule has 10 heteroatoms. The number of nitrogens with two attached hydrogens (primary N) is 1. The van der Waals surface area contributed by atoms with Gasteiger partial charge in [-0.1, -0.05) is 17.7 Å². The molecule has 0 aliphatic carbocycles. The van der Waals surface area contributed by atoms with Gasteiger partial charge in [-0.05, 0) is 38.5 Å². The van der Waals surface area contributed by atoms with Crippen molar-refractivity contribution in [2.24, 2.45) is 0 Å². The van der Waals surface area contributed by atoms with Crippen LogP contribution in [0.3, 0.4) is 0 Å². The van der Waals surface area contributed by atoms with Gasteiger partial charge in [-0.2, -0.15) is 0 Å². The average Bonchev–Trinajstić information content (AvgIpc) is 3.26. The molecular weight excluding hydrogens is 480 g/mol. The first kappa shape index (κ1) is 25.4. The van der Waals surface area contributed by atoms with Gasteiger partial charge in [0.2, 0.25) is 0 Å². The van der Waals surface area contributed by atoms with Crippen LogP contribution in [0.2, 0.25) is 5.02 Å². The lowest BCUT2D eigenvalue weighted by Gasteiger charge is -2.24. The topological polar surface area (TPSA) is 119 Å². The predicted octanol–water partition coefficient (Wildman–Crippen LogP) is 4.24. The van der Waals surface area contributed by atoms with E-state index in [4.69, 9.17) is 22.1 Å². The van der Waals surface area contributed by atoms with E-state index in [0.29, 0.717) is 45.5 Å². The number of aromatic nitrogens is 4. The minimum atomic E-state index is -0.275. The first-order valence-corrected chi connectivity index (χ1v) is 11.9. The molecular formula is C26H29ClN6O3. The molecule has 1 amide bonds. The van der Waals surface area contributed by atoms with Crippen LogP contribution in [-0.2, 0) is 6.61 Å². The zero-order valence-corrected chi connectivity index (χ0v) is 21.7. The highest BCUT2D eigenvalue weighted by Gasteiger charge is 2.25. The number of hydrogen-bond donors (Lipinski definition) is 2. The summed E-state index contributed by atoms with van der Waals surface area (Å²) in [7, 11) is 3.37. The quantitative estimate of drug-likeness (QED) is 0.383. The molecule has 4 aromatic rings. The number of aliphatic hydroxyl groups excluding tert-OH is 1. The lowest BCUT2D eigenvalue weighted by molar-refractivity contribution is 0.0822. The van der Waals surface area contributed by atoms with Gasteiger partial charge < -0.3 is 25.0 Å². The Bertz CT molecular complexity index is 1430. The summed E-state index contributed by atoms with van der Waals surface area (Å²) in [6.07, 6.45) is 4.89. The Morgan fingerprint density at radius 1 is 1.28 bits per heavy atom. The number of halogens is 1. The van der Waals surface area contributed by atoms with E-state index in [1.54, 1.807) is 26.4 Å². The summed E-state index contributed by atoms with van der Waals surface area (Å²) in [5.74, 6) is 0.792. The van der Waals surface area contributed by atoms with Crippen molar-refractivity contribution < 1.29 is 14.6 Å². The number of anilines is 1. The first-order valence-electron chi connectivity index (χ1n) is 11.5. The second-order valence-electron chi connectivity index (χ2n) is 8.69. The Morgan fingerprint density at radius 2 is 2.03 bits per heavy atom. The van der Waals surface area contributed by atoms with Crippen LogP contribution in [0.15, 0.2) is 36.9 Å². The summed E-state index contributed by atoms with van der Waals surface area (Å²) in [6.45, 7) is 6.08. The maximum Gasteiger partial charge on any atom is 0.271 e. The van der Waals surface area contributed by atoms with Crippen LogP contribution in [0.5, 0.6) is 5.75 Å². The molecule has 0 aliphatic heterocycles. The molecule has 1 unspecified atom stereocenters. The van der Waals surface area contributed by atoms with E-state index in [2.05, 4.69) is 15.0 Å². The molecule has 0 saturated carbocycles. The van der Waals surface area contributed by atoms with Gasteiger partial charge in [0.1, 0.15) is 29.2 Å². The highest BCUT2D eigenvalue weighted by molar-refractivity contribution is 6.32. The zero-order valence-electron chi connectivity index (χ0n) is 20.9. The fourth-order valence-electron chi connectivity index (χ4n) is 4.35. The maximum absolute atomic E-state index is 12.3. The fraction of sp³-hybridized carbons (Fsp3) is 0.308. The Morgan fingerprint density at radius 3 is 2.64 bits per heavy atom. The van der Waals surface area contributed by atoms with Gasteiger partial charge in [-0.3, -0.25) is 9.78 Å². The minimum Gasteiger partial charge on any atom is -0.493 e. The Hall–Kier alpha value is -3.69. The lowest BCUT2D eigenvalue weighted by atomic mass is 9.94. The Labute approximate surface area is 214 Å². The molecule has 0 bridgehead atoms. The summed E-state index contributed by atoms with van der Waals surface area (Å²) in [4.78, 5) is 26.7. The summed E-state index contributed by atoms with van der Waals surface area (Å²) < 4.78 is 8.14. The van der Waals surface area contributed by atoms with Crippen LogP contribution < -0.4 is 10.5 Å². The monoisotopic (exact) mass is 508 g/mol. The summed E-state index contributed by atoms with van der Waals surface area (Å²) in [5.41, 5.74) is 10.9. The molecule has 3 N–H and O–H groups in total. The number of rotatable bonds is 7. The van der Waals surface area contributed by atoms with E-state index in [-0.39, 0.29) is 18.6 Å². The maximum atomic E-state index is 12.3. The van der Waals surface area contributed by atoms with Crippen LogP contribution in [0.25, 0.3) is 22.2 Å². The van der Waals surface area contributed by atoms with E-state index in [0.717, 1.165) is 22.3 Å². The van der Waals surface area contributed by atoms with E-state index in [9.17, 15) is 9.90 Å². The van der Waals surface area contributed by atoms with Crippen molar-refractivity contribution >= 4 is 34.4 Å². The number of ether oxygens (including phenoxy) is 1. The highest BCUT2D eigenvalue weighted by Crippen LogP contribution is 2.44. The number of hydrogen-bond acceptors (Lipinski definition) is 7. The normalized spacial score (nSPS) is 12.1. The van der Waals surface area contributed by atoms with Crippen LogP contribution in [0, 0.1) is 6.92 Å². The van der Waals surface area contributed by atoms with E-state index < -0.39 is 0 Å². The standard InChI is InChI=1S/C26H29ClN6O3/c1-6-36-23-18(15(3)33-11-17(12-34)22-24(28)30-13-31-25(22)33)9-19(27)14(2)21(23)16-7-8-20(29-10-16)26(35)32(4)5/h7-11,13,15,34H,6,12H2,1-5H3,(H2,28,30,31). The molecule has 1 aromatic carbocycles. The molecule has 0 radical (unpaired) electrons. The van der Waals surface area contributed by atoms with Crippen LogP contribution >= 0.6 is 11.6 Å². The average molecular weight is 509 g/mol. The van der Waals surface area contributed by atoms with Gasteiger partial charge in [-0.25, -0.2) is 9.97 Å². The number of amides is 1. The molecule has 0 fully saturated rings. The zero-order chi connectivity index (χ0) is 26.1. The number of carbonyl (C=O) groups is 1. The summed E-state index contributed by atoms with van der Waals surface area (Å²) >= 11 is 6.74. The number of pyridine rings is 1. The van der Waals surface area contributed by atoms with E-state index >= 15 is 0 Å². The molecule has 1 atom stereocenters. The first-order chi connectivity index (χ1) is 17.2. The van der Waals surface area contributed by atoms with Crippen molar-refractivity contribution in [1.82, 2.24) is 24.4 Å². The van der Waals surface area contributed by atoms with Crippen LogP contribution in [-0.4, -0.2) is 56.1 Å². The Balaban J connectivity index is 1.91. The molecule has 3 aromatic heterocycles. The third-order valence-electron chi connectivity index (χ3n) is 6.23. The van der Waals surface area contributed by atoms with Gasteiger partial charge in [0.15, 0.2) is 0 Å².